The fourth-order valence-electron chi connectivity index (χ4n) is 2.77. The number of halogens is 1. The van der Waals surface area contributed by atoms with Gasteiger partial charge in [-0.05, 0) is 47.3 Å². The van der Waals surface area contributed by atoms with Gasteiger partial charge in [0, 0.05) is 15.6 Å². The van der Waals surface area contributed by atoms with E-state index < -0.39 is 5.54 Å². The van der Waals surface area contributed by atoms with Crippen LogP contribution in [0.3, 0.4) is 0 Å². The van der Waals surface area contributed by atoms with Crippen molar-refractivity contribution in [2.24, 2.45) is 5.41 Å². The van der Waals surface area contributed by atoms with Gasteiger partial charge in [-0.25, -0.2) is 0 Å². The van der Waals surface area contributed by atoms with Crippen molar-refractivity contribution in [2.45, 2.75) is 45.1 Å². The number of anilines is 1. The van der Waals surface area contributed by atoms with E-state index in [1.165, 1.54) is 6.42 Å². The maximum Gasteiger partial charge on any atom is 0.130 e. The Morgan fingerprint density at radius 3 is 2.50 bits per heavy atom. The summed E-state index contributed by atoms with van der Waals surface area (Å²) in [4.78, 5) is 0. The predicted octanol–water partition coefficient (Wildman–Crippen LogP) is 4.72. The molecule has 1 aliphatic rings. The maximum atomic E-state index is 9.70. The number of nitrogens with zero attached hydrogens (tertiary/aromatic N) is 1. The van der Waals surface area contributed by atoms with Crippen LogP contribution in [0.25, 0.3) is 0 Å². The molecule has 1 unspecified atom stereocenters. The molecule has 1 saturated carbocycles. The summed E-state index contributed by atoms with van der Waals surface area (Å²) < 4.78 is 1.01. The summed E-state index contributed by atoms with van der Waals surface area (Å²) in [5.74, 6) is 0. The van der Waals surface area contributed by atoms with Gasteiger partial charge >= 0.3 is 0 Å². The molecule has 0 saturated heterocycles. The number of hydrogen-bond donors (Lipinski definition) is 1. The van der Waals surface area contributed by atoms with Crippen molar-refractivity contribution in [3.05, 3.63) is 28.7 Å². The Morgan fingerprint density at radius 2 is 1.89 bits per heavy atom. The van der Waals surface area contributed by atoms with Crippen LogP contribution in [-0.4, -0.2) is 5.54 Å². The molecule has 0 aliphatic heterocycles. The minimum Gasteiger partial charge on any atom is -0.366 e. The molecule has 1 N–H and O–H groups in total. The summed E-state index contributed by atoms with van der Waals surface area (Å²) in [6.07, 6.45) is 4.35. The highest BCUT2D eigenvalue weighted by atomic mass is 79.9. The van der Waals surface area contributed by atoms with Gasteiger partial charge in [0.2, 0.25) is 0 Å². The molecular formula is C15H19BrN2. The summed E-state index contributed by atoms with van der Waals surface area (Å²) in [5, 5.41) is 13.2. The molecule has 1 aliphatic carbocycles. The van der Waals surface area contributed by atoms with Gasteiger partial charge in [-0.3, -0.25) is 0 Å². The largest absolute Gasteiger partial charge is 0.366 e. The fraction of sp³-hybridized carbons (Fsp3) is 0.533. The van der Waals surface area contributed by atoms with Gasteiger partial charge in [0.15, 0.2) is 0 Å². The van der Waals surface area contributed by atoms with Crippen molar-refractivity contribution >= 4 is 21.6 Å². The highest BCUT2D eigenvalue weighted by Gasteiger charge is 2.47. The molecule has 0 spiro atoms. The van der Waals surface area contributed by atoms with Crippen molar-refractivity contribution in [3.8, 4) is 6.07 Å². The zero-order chi connectivity index (χ0) is 13.2. The first-order valence-corrected chi connectivity index (χ1v) is 7.24. The maximum absolute atomic E-state index is 9.70. The van der Waals surface area contributed by atoms with Crippen molar-refractivity contribution in [2.75, 3.05) is 5.32 Å². The molecule has 0 amide bonds. The molecule has 0 radical (unpaired) electrons. The van der Waals surface area contributed by atoms with Crippen LogP contribution in [-0.2, 0) is 0 Å². The lowest BCUT2D eigenvalue weighted by Crippen LogP contribution is -2.52. The highest BCUT2D eigenvalue weighted by Crippen LogP contribution is 2.46. The Hall–Kier alpha value is -1.01. The SMILES string of the molecule is CC1(C)CCCCC1(C#N)Nc1ccccc1Br. The summed E-state index contributed by atoms with van der Waals surface area (Å²) in [5.41, 5.74) is 0.541. The highest BCUT2D eigenvalue weighted by molar-refractivity contribution is 9.10. The smallest absolute Gasteiger partial charge is 0.130 e. The van der Waals surface area contributed by atoms with Crippen LogP contribution in [0, 0.1) is 16.7 Å². The van der Waals surface area contributed by atoms with Gasteiger partial charge in [0.05, 0.1) is 6.07 Å². The van der Waals surface area contributed by atoms with Crippen LogP contribution in [0.1, 0.15) is 39.5 Å². The third kappa shape index (κ3) is 2.27. The Bertz CT molecular complexity index is 476. The van der Waals surface area contributed by atoms with Gasteiger partial charge in [0.25, 0.3) is 0 Å². The molecule has 1 fully saturated rings. The molecule has 0 bridgehead atoms. The average Bonchev–Trinajstić information content (AvgIpc) is 2.34. The molecule has 18 heavy (non-hydrogen) atoms. The normalized spacial score (nSPS) is 26.3. The lowest BCUT2D eigenvalue weighted by Gasteiger charge is -2.46. The van der Waals surface area contributed by atoms with Crippen molar-refractivity contribution < 1.29 is 0 Å². The molecule has 0 aromatic heterocycles. The van der Waals surface area contributed by atoms with E-state index in [2.05, 4.69) is 41.2 Å². The predicted molar refractivity (Wildman–Crippen MR) is 78.4 cm³/mol. The van der Waals surface area contributed by atoms with E-state index in [0.29, 0.717) is 0 Å². The molecule has 2 rings (SSSR count). The number of rotatable bonds is 2. The van der Waals surface area contributed by atoms with Gasteiger partial charge in [-0.1, -0.05) is 32.4 Å². The molecule has 1 atom stereocenters. The minimum absolute atomic E-state index is 0.00468. The van der Waals surface area contributed by atoms with E-state index in [0.717, 1.165) is 29.4 Å². The molecule has 96 valence electrons. The molecule has 0 heterocycles. The van der Waals surface area contributed by atoms with Crippen LogP contribution in [0.4, 0.5) is 5.69 Å². The number of para-hydroxylation sites is 1. The molecule has 2 nitrogen and oxygen atoms in total. The number of benzene rings is 1. The van der Waals surface area contributed by atoms with Gasteiger partial charge in [0.1, 0.15) is 5.54 Å². The van der Waals surface area contributed by atoms with E-state index in [-0.39, 0.29) is 5.41 Å². The van der Waals surface area contributed by atoms with Crippen molar-refractivity contribution in [1.82, 2.24) is 0 Å². The van der Waals surface area contributed by atoms with Gasteiger partial charge in [-0.15, -0.1) is 0 Å². The Morgan fingerprint density at radius 1 is 1.22 bits per heavy atom. The average molecular weight is 307 g/mol. The Labute approximate surface area is 118 Å². The Balaban J connectivity index is 2.34. The second-order valence-corrected chi connectivity index (χ2v) is 6.57. The summed E-state index contributed by atoms with van der Waals surface area (Å²) >= 11 is 3.54. The van der Waals surface area contributed by atoms with Gasteiger partial charge < -0.3 is 5.32 Å². The molecule has 1 aromatic carbocycles. The second-order valence-electron chi connectivity index (χ2n) is 5.71. The standard InChI is InChI=1S/C15H19BrN2/c1-14(2)9-5-6-10-15(14,11-17)18-13-8-4-3-7-12(13)16/h3-4,7-8,18H,5-6,9-10H2,1-2H3. The van der Waals surface area contributed by atoms with Gasteiger partial charge in [-0.2, -0.15) is 5.26 Å². The van der Waals surface area contributed by atoms with E-state index >= 15 is 0 Å². The van der Waals surface area contributed by atoms with Crippen LogP contribution >= 0.6 is 15.9 Å². The van der Waals surface area contributed by atoms with Crippen LogP contribution in [0.5, 0.6) is 0 Å². The quantitative estimate of drug-likeness (QED) is 0.858. The number of hydrogen-bond acceptors (Lipinski definition) is 2. The summed E-state index contributed by atoms with van der Waals surface area (Å²) in [7, 11) is 0. The first-order chi connectivity index (χ1) is 8.51. The lowest BCUT2D eigenvalue weighted by molar-refractivity contribution is 0.164. The third-order valence-electron chi connectivity index (χ3n) is 4.17. The Kier molecular flexibility index (Phi) is 3.68. The topological polar surface area (TPSA) is 35.8 Å². The van der Waals surface area contributed by atoms with E-state index in [4.69, 9.17) is 0 Å². The molecule has 1 aromatic rings. The second kappa shape index (κ2) is 4.93. The van der Waals surface area contributed by atoms with Crippen LogP contribution in [0.15, 0.2) is 28.7 Å². The summed E-state index contributed by atoms with van der Waals surface area (Å²) in [6.45, 7) is 4.39. The number of nitrogens with one attached hydrogen (secondary N) is 1. The van der Waals surface area contributed by atoms with E-state index in [9.17, 15) is 5.26 Å². The number of nitriles is 1. The van der Waals surface area contributed by atoms with Crippen LogP contribution in [0.2, 0.25) is 0 Å². The monoisotopic (exact) mass is 306 g/mol. The molecule has 3 heteroatoms. The minimum atomic E-state index is -0.463. The molecular weight excluding hydrogens is 288 g/mol. The van der Waals surface area contributed by atoms with Crippen LogP contribution < -0.4 is 5.32 Å². The third-order valence-corrected chi connectivity index (χ3v) is 4.86. The van der Waals surface area contributed by atoms with Crippen molar-refractivity contribution in [1.29, 1.82) is 5.26 Å². The zero-order valence-electron chi connectivity index (χ0n) is 11.0. The lowest BCUT2D eigenvalue weighted by atomic mass is 9.63. The fourth-order valence-corrected chi connectivity index (χ4v) is 3.15. The first kappa shape index (κ1) is 13.4. The van der Waals surface area contributed by atoms with Crippen molar-refractivity contribution in [3.63, 3.8) is 0 Å². The van der Waals surface area contributed by atoms with E-state index in [1.54, 1.807) is 0 Å². The van der Waals surface area contributed by atoms with E-state index in [1.807, 2.05) is 24.3 Å². The summed E-state index contributed by atoms with van der Waals surface area (Å²) in [6, 6.07) is 10.6. The first-order valence-electron chi connectivity index (χ1n) is 6.45. The zero-order valence-corrected chi connectivity index (χ0v) is 12.5.